The van der Waals surface area contributed by atoms with Crippen LogP contribution in [0.3, 0.4) is 0 Å². The molecule has 148 valence electrons. The van der Waals surface area contributed by atoms with Crippen LogP contribution in [0.1, 0.15) is 22.8 Å². The zero-order chi connectivity index (χ0) is 20.4. The maximum Gasteiger partial charge on any atom is 0.283 e. The molecule has 0 spiro atoms. The molecule has 0 bridgehead atoms. The zero-order valence-electron chi connectivity index (χ0n) is 16.3. The van der Waals surface area contributed by atoms with Gasteiger partial charge in [0.05, 0.1) is 10.6 Å². The molecule has 0 saturated carbocycles. The third-order valence-corrected chi connectivity index (χ3v) is 6.27. The summed E-state index contributed by atoms with van der Waals surface area (Å²) in [7, 11) is -3.94. The molecule has 29 heavy (non-hydrogen) atoms. The molecule has 0 radical (unpaired) electrons. The summed E-state index contributed by atoms with van der Waals surface area (Å²) in [6, 6.07) is 23.9. The van der Waals surface area contributed by atoms with Crippen molar-refractivity contribution < 1.29 is 13.3 Å². The van der Waals surface area contributed by atoms with Gasteiger partial charge in [0.2, 0.25) is 0 Å². The lowest BCUT2D eigenvalue weighted by atomic mass is 10.1. The fraction of sp³-hybridized carbons (Fsp3) is 0.130. The van der Waals surface area contributed by atoms with Crippen molar-refractivity contribution in [3.8, 4) is 0 Å². The number of nitrogens with zero attached hydrogens (tertiary/aromatic N) is 2. The van der Waals surface area contributed by atoms with Crippen molar-refractivity contribution in [3.63, 3.8) is 0 Å². The van der Waals surface area contributed by atoms with Gasteiger partial charge in [-0.25, -0.2) is 13.4 Å². The molecule has 1 aliphatic heterocycles. The van der Waals surface area contributed by atoms with Gasteiger partial charge in [-0.2, -0.15) is 0 Å². The molecule has 0 saturated heterocycles. The largest absolute Gasteiger partial charge is 0.283 e. The van der Waals surface area contributed by atoms with Crippen LogP contribution in [0.4, 0.5) is 5.69 Å². The minimum Gasteiger partial charge on any atom is -0.253 e. The quantitative estimate of drug-likeness (QED) is 0.617. The number of aryl methyl sites for hydroxylation is 2. The summed E-state index contributed by atoms with van der Waals surface area (Å²) in [6.07, 6.45) is 3.06. The number of hydrogen-bond acceptors (Lipinski definition) is 4. The van der Waals surface area contributed by atoms with E-state index in [0.29, 0.717) is 5.69 Å². The molecule has 0 N–H and O–H groups in total. The minimum absolute atomic E-state index is 0.169. The Morgan fingerprint density at radius 1 is 0.793 bits per heavy atom. The standard InChI is InChI=1S/C23H22N2O3S/c1-18-8-12-21(13-9-18)24-17-16-23(20-6-4-3-5-7-20)28-25(24)29(26,27)22-14-10-19(2)11-15-22/h3-17,23H,1-2H3. The number of sulfonamides is 1. The van der Waals surface area contributed by atoms with Crippen LogP contribution in [0.5, 0.6) is 0 Å². The van der Waals surface area contributed by atoms with Crippen molar-refractivity contribution in [3.05, 3.63) is 108 Å². The van der Waals surface area contributed by atoms with E-state index in [0.717, 1.165) is 21.3 Å². The van der Waals surface area contributed by atoms with Crippen LogP contribution in [0.15, 0.2) is 96.0 Å². The van der Waals surface area contributed by atoms with Crippen molar-refractivity contribution >= 4 is 15.7 Å². The summed E-state index contributed by atoms with van der Waals surface area (Å²) in [5.74, 6) is 0. The molecule has 6 heteroatoms. The van der Waals surface area contributed by atoms with E-state index in [-0.39, 0.29) is 4.90 Å². The lowest BCUT2D eigenvalue weighted by Gasteiger charge is -2.37. The van der Waals surface area contributed by atoms with Crippen LogP contribution in [0, 0.1) is 13.8 Å². The van der Waals surface area contributed by atoms with Gasteiger partial charge in [-0.15, -0.1) is 0 Å². The first-order chi connectivity index (χ1) is 13.9. The molecule has 0 aliphatic carbocycles. The summed E-state index contributed by atoms with van der Waals surface area (Å²) in [6.45, 7) is 3.90. The highest BCUT2D eigenvalue weighted by molar-refractivity contribution is 7.89. The van der Waals surface area contributed by atoms with Crippen molar-refractivity contribution in [2.75, 3.05) is 5.01 Å². The summed E-state index contributed by atoms with van der Waals surface area (Å²) < 4.78 is 27.9. The molecular weight excluding hydrogens is 384 g/mol. The highest BCUT2D eigenvalue weighted by Crippen LogP contribution is 2.33. The van der Waals surface area contributed by atoms with E-state index >= 15 is 0 Å². The third-order valence-electron chi connectivity index (χ3n) is 4.73. The van der Waals surface area contributed by atoms with Crippen LogP contribution in [-0.2, 0) is 14.9 Å². The van der Waals surface area contributed by atoms with Gasteiger partial charge in [-0.05, 0) is 49.8 Å². The van der Waals surface area contributed by atoms with Gasteiger partial charge in [-0.1, -0.05) is 65.7 Å². The molecule has 0 amide bonds. The Labute approximate surface area is 171 Å². The van der Waals surface area contributed by atoms with Crippen molar-refractivity contribution in [1.82, 2.24) is 4.58 Å². The van der Waals surface area contributed by atoms with Gasteiger partial charge < -0.3 is 0 Å². The summed E-state index contributed by atoms with van der Waals surface area (Å²) in [4.78, 5) is 6.17. The van der Waals surface area contributed by atoms with Gasteiger partial charge in [0, 0.05) is 10.8 Å². The second-order valence-corrected chi connectivity index (χ2v) is 8.72. The normalized spacial score (nSPS) is 17.4. The van der Waals surface area contributed by atoms with E-state index in [1.54, 1.807) is 30.5 Å². The first-order valence-corrected chi connectivity index (χ1v) is 10.8. The number of rotatable bonds is 4. The van der Waals surface area contributed by atoms with E-state index in [9.17, 15) is 8.42 Å². The molecule has 3 aromatic rings. The highest BCUT2D eigenvalue weighted by Gasteiger charge is 2.36. The molecule has 1 heterocycles. The molecule has 0 fully saturated rings. The molecule has 1 aliphatic rings. The Balaban J connectivity index is 1.78. The third kappa shape index (κ3) is 3.96. The van der Waals surface area contributed by atoms with Crippen molar-refractivity contribution in [1.29, 1.82) is 0 Å². The van der Waals surface area contributed by atoms with Gasteiger partial charge in [0.1, 0.15) is 6.10 Å². The fourth-order valence-electron chi connectivity index (χ4n) is 3.06. The maximum atomic E-state index is 13.5. The average molecular weight is 407 g/mol. The van der Waals surface area contributed by atoms with E-state index in [2.05, 4.69) is 0 Å². The van der Waals surface area contributed by atoms with Gasteiger partial charge in [-0.3, -0.25) is 4.84 Å². The van der Waals surface area contributed by atoms with Crippen LogP contribution >= 0.6 is 0 Å². The van der Waals surface area contributed by atoms with Crippen molar-refractivity contribution in [2.45, 2.75) is 24.8 Å². The van der Waals surface area contributed by atoms with Gasteiger partial charge in [0.15, 0.2) is 0 Å². The summed E-state index contributed by atoms with van der Waals surface area (Å²) >= 11 is 0. The monoisotopic (exact) mass is 406 g/mol. The highest BCUT2D eigenvalue weighted by atomic mass is 32.2. The van der Waals surface area contributed by atoms with Crippen LogP contribution in [-0.4, -0.2) is 13.0 Å². The lowest BCUT2D eigenvalue weighted by molar-refractivity contribution is -0.127. The van der Waals surface area contributed by atoms with Gasteiger partial charge in [0.25, 0.3) is 10.0 Å². The number of hydrogen-bond donors (Lipinski definition) is 0. The number of benzene rings is 3. The predicted molar refractivity (Wildman–Crippen MR) is 113 cm³/mol. The maximum absolute atomic E-state index is 13.5. The van der Waals surface area contributed by atoms with Crippen LogP contribution < -0.4 is 5.01 Å². The summed E-state index contributed by atoms with van der Waals surface area (Å²) in [5, 5.41) is 1.51. The van der Waals surface area contributed by atoms with Crippen LogP contribution in [0.25, 0.3) is 0 Å². The first kappa shape index (κ1) is 19.4. The molecule has 0 aromatic heterocycles. The fourth-order valence-corrected chi connectivity index (χ4v) is 4.31. The molecule has 4 rings (SSSR count). The van der Waals surface area contributed by atoms with E-state index in [4.69, 9.17) is 4.84 Å². The predicted octanol–water partition coefficient (Wildman–Crippen LogP) is 4.92. The Hall–Kier alpha value is -2.93. The van der Waals surface area contributed by atoms with Gasteiger partial charge >= 0.3 is 0 Å². The number of anilines is 1. The Morgan fingerprint density at radius 2 is 1.38 bits per heavy atom. The second kappa shape index (κ2) is 7.83. The first-order valence-electron chi connectivity index (χ1n) is 9.33. The molecular formula is C23H22N2O3S. The molecule has 3 aromatic carbocycles. The van der Waals surface area contributed by atoms with E-state index in [1.165, 1.54) is 5.01 Å². The Bertz CT molecular complexity index is 1110. The van der Waals surface area contributed by atoms with E-state index < -0.39 is 16.1 Å². The topological polar surface area (TPSA) is 49.9 Å². The SMILES string of the molecule is Cc1ccc(N2C=CC(c3ccccc3)ON2S(=O)(=O)c2ccc(C)cc2)cc1. The Morgan fingerprint density at radius 3 is 2.00 bits per heavy atom. The van der Waals surface area contributed by atoms with E-state index in [1.807, 2.05) is 74.5 Å². The second-order valence-electron chi connectivity index (χ2n) is 6.98. The van der Waals surface area contributed by atoms with Crippen LogP contribution in [0.2, 0.25) is 0 Å². The molecule has 1 unspecified atom stereocenters. The number of hydrazine groups is 1. The molecule has 5 nitrogen and oxygen atoms in total. The summed E-state index contributed by atoms with van der Waals surface area (Å²) in [5.41, 5.74) is 3.64. The average Bonchev–Trinajstić information content (AvgIpc) is 2.75. The minimum atomic E-state index is -3.94. The zero-order valence-corrected chi connectivity index (χ0v) is 17.1. The smallest absolute Gasteiger partial charge is 0.253 e. The Kier molecular flexibility index (Phi) is 5.24. The van der Waals surface area contributed by atoms with Crippen molar-refractivity contribution in [2.24, 2.45) is 0 Å². The molecule has 1 atom stereocenters. The lowest BCUT2D eigenvalue weighted by Crippen LogP contribution is -2.46.